The van der Waals surface area contributed by atoms with Crippen LogP contribution in [0.15, 0.2) is 0 Å². The zero-order valence-corrected chi connectivity index (χ0v) is 10.1. The third-order valence-corrected chi connectivity index (χ3v) is 3.27. The van der Waals surface area contributed by atoms with Crippen LogP contribution in [0.5, 0.6) is 0 Å². The van der Waals surface area contributed by atoms with Gasteiger partial charge in [0.1, 0.15) is 0 Å². The highest BCUT2D eigenvalue weighted by molar-refractivity contribution is 5.97. The van der Waals surface area contributed by atoms with Crippen molar-refractivity contribution in [2.24, 2.45) is 5.92 Å². The number of nitrogens with two attached hydrogens (primary N) is 1. The number of aromatic nitrogens is 2. The lowest BCUT2D eigenvalue weighted by Gasteiger charge is -2.14. The van der Waals surface area contributed by atoms with Gasteiger partial charge in [0.25, 0.3) is 5.91 Å². The number of hydrogen-bond acceptors (Lipinski definition) is 4. The highest BCUT2D eigenvalue weighted by atomic mass is 16.5. The number of aromatic amines is 1. The molecule has 2 unspecified atom stereocenters. The van der Waals surface area contributed by atoms with Crippen LogP contribution in [0.1, 0.15) is 29.5 Å². The molecule has 17 heavy (non-hydrogen) atoms. The van der Waals surface area contributed by atoms with Gasteiger partial charge in [-0.2, -0.15) is 5.10 Å². The van der Waals surface area contributed by atoms with Crippen molar-refractivity contribution in [3.05, 3.63) is 11.4 Å². The third-order valence-electron chi connectivity index (χ3n) is 3.27. The van der Waals surface area contributed by atoms with Gasteiger partial charge in [0, 0.05) is 19.1 Å². The number of anilines is 1. The fourth-order valence-electron chi connectivity index (χ4n) is 1.96. The lowest BCUT2D eigenvalue weighted by atomic mass is 10.0. The number of nitrogens with zero attached hydrogens (tertiary/aromatic N) is 1. The summed E-state index contributed by atoms with van der Waals surface area (Å²) in [6.07, 6.45) is 1.19. The van der Waals surface area contributed by atoms with Crippen molar-refractivity contribution in [2.45, 2.75) is 26.4 Å². The molecule has 0 aliphatic carbocycles. The number of rotatable bonds is 3. The molecule has 2 heterocycles. The molecule has 1 aliphatic rings. The second kappa shape index (κ2) is 4.75. The van der Waals surface area contributed by atoms with Gasteiger partial charge in [0.2, 0.25) is 0 Å². The first-order valence-corrected chi connectivity index (χ1v) is 5.80. The normalized spacial score (nSPS) is 23.9. The molecule has 1 fully saturated rings. The van der Waals surface area contributed by atoms with Gasteiger partial charge in [-0.05, 0) is 20.3 Å². The summed E-state index contributed by atoms with van der Waals surface area (Å²) in [5, 5.41) is 9.42. The van der Waals surface area contributed by atoms with Crippen LogP contribution in [0.2, 0.25) is 0 Å². The number of carbonyl (C=O) groups excluding carboxylic acids is 1. The summed E-state index contributed by atoms with van der Waals surface area (Å²) in [6.45, 7) is 5.18. The molecule has 6 nitrogen and oxygen atoms in total. The van der Waals surface area contributed by atoms with E-state index in [2.05, 4.69) is 15.5 Å². The van der Waals surface area contributed by atoms with E-state index in [1.54, 1.807) is 6.92 Å². The maximum atomic E-state index is 11.8. The molecule has 0 saturated carbocycles. The molecule has 1 aromatic heterocycles. The van der Waals surface area contributed by atoms with E-state index in [0.717, 1.165) is 13.0 Å². The first-order valence-electron chi connectivity index (χ1n) is 5.80. The predicted molar refractivity (Wildman–Crippen MR) is 63.6 cm³/mol. The van der Waals surface area contributed by atoms with Crippen molar-refractivity contribution in [3.8, 4) is 0 Å². The summed E-state index contributed by atoms with van der Waals surface area (Å²) in [4.78, 5) is 11.8. The number of hydrogen-bond donors (Lipinski definition) is 3. The number of carbonyl (C=O) groups is 1. The summed E-state index contributed by atoms with van der Waals surface area (Å²) in [6, 6.07) is 0. The van der Waals surface area contributed by atoms with Gasteiger partial charge in [0.05, 0.1) is 17.5 Å². The van der Waals surface area contributed by atoms with E-state index in [1.807, 2.05) is 6.92 Å². The lowest BCUT2D eigenvalue weighted by molar-refractivity contribution is 0.0904. The first-order chi connectivity index (χ1) is 8.09. The van der Waals surface area contributed by atoms with Crippen molar-refractivity contribution in [2.75, 3.05) is 18.9 Å². The van der Waals surface area contributed by atoms with E-state index in [9.17, 15) is 4.79 Å². The number of aryl methyl sites for hydroxylation is 1. The maximum Gasteiger partial charge on any atom is 0.273 e. The van der Waals surface area contributed by atoms with Crippen LogP contribution in [0.4, 0.5) is 5.69 Å². The Morgan fingerprint density at radius 3 is 3.00 bits per heavy atom. The Kier molecular flexibility index (Phi) is 3.33. The van der Waals surface area contributed by atoms with Crippen molar-refractivity contribution < 1.29 is 9.53 Å². The Morgan fingerprint density at radius 1 is 1.71 bits per heavy atom. The van der Waals surface area contributed by atoms with E-state index >= 15 is 0 Å². The summed E-state index contributed by atoms with van der Waals surface area (Å²) in [5.41, 5.74) is 7.14. The first kappa shape index (κ1) is 11.9. The Bertz CT molecular complexity index is 416. The van der Waals surface area contributed by atoms with Crippen molar-refractivity contribution in [1.29, 1.82) is 0 Å². The van der Waals surface area contributed by atoms with E-state index in [-0.39, 0.29) is 17.7 Å². The van der Waals surface area contributed by atoms with Gasteiger partial charge in [-0.3, -0.25) is 9.89 Å². The zero-order chi connectivity index (χ0) is 12.4. The van der Waals surface area contributed by atoms with E-state index in [1.165, 1.54) is 0 Å². The second-order valence-electron chi connectivity index (χ2n) is 4.45. The van der Waals surface area contributed by atoms with Gasteiger partial charge >= 0.3 is 0 Å². The van der Waals surface area contributed by atoms with Crippen LogP contribution in [-0.4, -0.2) is 35.4 Å². The molecule has 1 aliphatic heterocycles. The minimum atomic E-state index is -0.231. The second-order valence-corrected chi connectivity index (χ2v) is 4.45. The molecule has 2 atom stereocenters. The highest BCUT2D eigenvalue weighted by Crippen LogP contribution is 2.19. The largest absolute Gasteiger partial charge is 0.395 e. The summed E-state index contributed by atoms with van der Waals surface area (Å²) >= 11 is 0. The summed E-state index contributed by atoms with van der Waals surface area (Å²) in [5.74, 6) is 0.145. The molecule has 2 rings (SSSR count). The Hall–Kier alpha value is -1.56. The number of nitrogens with one attached hydrogen (secondary N) is 2. The smallest absolute Gasteiger partial charge is 0.273 e. The van der Waals surface area contributed by atoms with Gasteiger partial charge in [0.15, 0.2) is 5.69 Å². The van der Waals surface area contributed by atoms with Crippen molar-refractivity contribution in [3.63, 3.8) is 0 Å². The summed E-state index contributed by atoms with van der Waals surface area (Å²) in [7, 11) is 0. The highest BCUT2D eigenvalue weighted by Gasteiger charge is 2.25. The molecule has 94 valence electrons. The molecule has 6 heteroatoms. The van der Waals surface area contributed by atoms with E-state index in [0.29, 0.717) is 23.8 Å². The van der Waals surface area contributed by atoms with Crippen LogP contribution >= 0.6 is 0 Å². The topological polar surface area (TPSA) is 93.0 Å². The summed E-state index contributed by atoms with van der Waals surface area (Å²) < 4.78 is 5.43. The monoisotopic (exact) mass is 238 g/mol. The molecule has 4 N–H and O–H groups in total. The molecular weight excluding hydrogens is 220 g/mol. The number of nitrogen functional groups attached to an aromatic ring is 1. The zero-order valence-electron chi connectivity index (χ0n) is 10.1. The average molecular weight is 238 g/mol. The van der Waals surface area contributed by atoms with Crippen LogP contribution in [0.3, 0.4) is 0 Å². The predicted octanol–water partition coefficient (Wildman–Crippen LogP) is 0.455. The van der Waals surface area contributed by atoms with Crippen LogP contribution < -0.4 is 11.1 Å². The van der Waals surface area contributed by atoms with Crippen LogP contribution in [0, 0.1) is 12.8 Å². The van der Waals surface area contributed by atoms with Gasteiger partial charge in [-0.1, -0.05) is 0 Å². The van der Waals surface area contributed by atoms with Gasteiger partial charge < -0.3 is 15.8 Å². The quantitative estimate of drug-likeness (QED) is 0.713. The molecule has 0 radical (unpaired) electrons. The molecule has 0 bridgehead atoms. The van der Waals surface area contributed by atoms with Crippen molar-refractivity contribution >= 4 is 11.6 Å². The third kappa shape index (κ3) is 2.41. The Morgan fingerprint density at radius 2 is 2.47 bits per heavy atom. The fraction of sp³-hybridized carbons (Fsp3) is 0.636. The molecule has 0 spiro atoms. The van der Waals surface area contributed by atoms with Crippen LogP contribution in [0.25, 0.3) is 0 Å². The average Bonchev–Trinajstić information content (AvgIpc) is 2.84. The molecule has 0 aromatic carbocycles. The van der Waals surface area contributed by atoms with Crippen LogP contribution in [-0.2, 0) is 4.74 Å². The van der Waals surface area contributed by atoms with Gasteiger partial charge in [-0.15, -0.1) is 0 Å². The molecular formula is C11H18N4O2. The lowest BCUT2D eigenvalue weighted by Crippen LogP contribution is -2.32. The SMILES string of the molecule is Cc1[nH]nc(C(=O)NCC2CCOC2C)c1N. The van der Waals surface area contributed by atoms with E-state index in [4.69, 9.17) is 10.5 Å². The maximum absolute atomic E-state index is 11.8. The Balaban J connectivity index is 1.91. The number of ether oxygens (including phenoxy) is 1. The number of amides is 1. The molecule has 1 saturated heterocycles. The minimum absolute atomic E-state index is 0.202. The standard InChI is InChI=1S/C11H18N4O2/c1-6-9(12)10(15-14-6)11(16)13-5-8-3-4-17-7(8)2/h7-8H,3-5,12H2,1-2H3,(H,13,16)(H,14,15). The van der Waals surface area contributed by atoms with Gasteiger partial charge in [-0.25, -0.2) is 0 Å². The molecule has 1 aromatic rings. The minimum Gasteiger partial charge on any atom is -0.395 e. The molecule has 1 amide bonds. The fourth-order valence-corrected chi connectivity index (χ4v) is 1.96. The Labute approximate surface area is 99.9 Å². The number of H-pyrrole nitrogens is 1. The van der Waals surface area contributed by atoms with E-state index < -0.39 is 0 Å². The van der Waals surface area contributed by atoms with Crippen molar-refractivity contribution in [1.82, 2.24) is 15.5 Å².